The van der Waals surface area contributed by atoms with Crippen molar-refractivity contribution in [1.82, 2.24) is 10.3 Å². The molecule has 132 valence electrons. The smallest absolute Gasteiger partial charge is 0.255 e. The van der Waals surface area contributed by atoms with Crippen LogP contribution < -0.4 is 15.8 Å². The molecule has 0 saturated heterocycles. The molecule has 0 bridgehead atoms. The van der Waals surface area contributed by atoms with Crippen molar-refractivity contribution in [2.75, 3.05) is 5.73 Å². The van der Waals surface area contributed by atoms with Crippen LogP contribution in [-0.4, -0.2) is 10.9 Å². The summed E-state index contributed by atoms with van der Waals surface area (Å²) in [4.78, 5) is 15.6. The number of hydrogen-bond acceptors (Lipinski definition) is 4. The maximum absolute atomic E-state index is 12.9. The minimum absolute atomic E-state index is 0.135. The van der Waals surface area contributed by atoms with Gasteiger partial charge in [-0.1, -0.05) is 24.3 Å². The quantitative estimate of drug-likeness (QED) is 0.685. The Bertz CT molecular complexity index is 927. The minimum Gasteiger partial charge on any atom is -0.457 e. The standard InChI is InChI=1S/C20H18FN3O2/c1-13-3-2-4-16(11-13)26-15-7-5-14(6-8-15)12-23-20(25)17-9-10-18(21)24-19(17)22/h2-11H,12H2,1H3,(H2,22,24)(H,23,25). The molecule has 0 aliphatic carbocycles. The normalized spacial score (nSPS) is 10.4. The Morgan fingerprint density at radius 2 is 1.88 bits per heavy atom. The van der Waals surface area contributed by atoms with Gasteiger partial charge in [0.1, 0.15) is 17.3 Å². The van der Waals surface area contributed by atoms with Gasteiger partial charge in [0.2, 0.25) is 5.95 Å². The predicted octanol–water partition coefficient (Wildman–Crippen LogP) is 3.83. The molecule has 0 unspecified atom stereocenters. The molecule has 26 heavy (non-hydrogen) atoms. The third-order valence-corrected chi connectivity index (χ3v) is 3.74. The number of nitrogens with one attached hydrogen (secondary N) is 1. The molecule has 1 heterocycles. The number of nitrogens with zero attached hydrogens (tertiary/aromatic N) is 1. The van der Waals surface area contributed by atoms with Gasteiger partial charge in [-0.25, -0.2) is 4.98 Å². The molecule has 0 aliphatic heterocycles. The maximum Gasteiger partial charge on any atom is 0.255 e. The lowest BCUT2D eigenvalue weighted by Gasteiger charge is -2.09. The van der Waals surface area contributed by atoms with Gasteiger partial charge >= 0.3 is 0 Å². The van der Waals surface area contributed by atoms with Crippen LogP contribution in [0.2, 0.25) is 0 Å². The molecule has 0 radical (unpaired) electrons. The highest BCUT2D eigenvalue weighted by molar-refractivity contribution is 5.98. The van der Waals surface area contributed by atoms with Crippen LogP contribution in [0, 0.1) is 12.9 Å². The molecule has 6 heteroatoms. The summed E-state index contributed by atoms with van der Waals surface area (Å²) >= 11 is 0. The Morgan fingerprint density at radius 3 is 2.58 bits per heavy atom. The largest absolute Gasteiger partial charge is 0.457 e. The average molecular weight is 351 g/mol. The number of ether oxygens (including phenoxy) is 1. The van der Waals surface area contributed by atoms with Gasteiger partial charge in [-0.05, 0) is 54.4 Å². The second kappa shape index (κ2) is 7.65. The monoisotopic (exact) mass is 351 g/mol. The summed E-state index contributed by atoms with van der Waals surface area (Å²) in [6.45, 7) is 2.31. The molecule has 0 saturated carbocycles. The molecule has 1 aromatic heterocycles. The Kier molecular flexibility index (Phi) is 5.12. The third-order valence-electron chi connectivity index (χ3n) is 3.74. The molecule has 5 nitrogen and oxygen atoms in total. The fourth-order valence-corrected chi connectivity index (χ4v) is 2.41. The van der Waals surface area contributed by atoms with E-state index in [2.05, 4.69) is 10.3 Å². The molecule has 3 aromatic rings. The Morgan fingerprint density at radius 1 is 1.12 bits per heavy atom. The molecule has 1 amide bonds. The molecular weight excluding hydrogens is 333 g/mol. The van der Waals surface area contributed by atoms with Crippen molar-refractivity contribution in [3.63, 3.8) is 0 Å². The molecular formula is C20H18FN3O2. The maximum atomic E-state index is 12.9. The van der Waals surface area contributed by atoms with Gasteiger partial charge < -0.3 is 15.8 Å². The van der Waals surface area contributed by atoms with Crippen LogP contribution in [0.15, 0.2) is 60.7 Å². The fourth-order valence-electron chi connectivity index (χ4n) is 2.41. The molecule has 0 atom stereocenters. The van der Waals surface area contributed by atoms with E-state index in [1.165, 1.54) is 6.07 Å². The summed E-state index contributed by atoms with van der Waals surface area (Å²) < 4.78 is 18.7. The number of rotatable bonds is 5. The molecule has 0 fully saturated rings. The fraction of sp³-hybridized carbons (Fsp3) is 0.100. The number of hydrogen-bond donors (Lipinski definition) is 2. The van der Waals surface area contributed by atoms with Crippen LogP contribution in [0.3, 0.4) is 0 Å². The van der Waals surface area contributed by atoms with Crippen molar-refractivity contribution in [1.29, 1.82) is 0 Å². The van der Waals surface area contributed by atoms with Gasteiger partial charge in [0.05, 0.1) is 5.56 Å². The lowest BCUT2D eigenvalue weighted by Crippen LogP contribution is -2.24. The van der Waals surface area contributed by atoms with E-state index in [9.17, 15) is 9.18 Å². The SMILES string of the molecule is Cc1cccc(Oc2ccc(CNC(=O)c3ccc(F)nc3N)cc2)c1. The molecule has 2 aromatic carbocycles. The first kappa shape index (κ1) is 17.4. The van der Waals surface area contributed by atoms with Crippen molar-refractivity contribution in [2.45, 2.75) is 13.5 Å². The number of pyridine rings is 1. The first-order valence-corrected chi connectivity index (χ1v) is 8.05. The first-order chi connectivity index (χ1) is 12.5. The van der Waals surface area contributed by atoms with E-state index >= 15 is 0 Å². The number of aromatic nitrogens is 1. The number of amides is 1. The number of benzene rings is 2. The molecule has 0 spiro atoms. The van der Waals surface area contributed by atoms with Gasteiger partial charge in [0.25, 0.3) is 5.91 Å². The zero-order valence-corrected chi connectivity index (χ0v) is 14.2. The van der Waals surface area contributed by atoms with Crippen LogP contribution in [0.25, 0.3) is 0 Å². The number of aryl methyl sites for hydroxylation is 1. The third kappa shape index (κ3) is 4.36. The number of carbonyl (C=O) groups excluding carboxylic acids is 1. The van der Waals surface area contributed by atoms with Crippen LogP contribution in [0.5, 0.6) is 11.5 Å². The number of nitrogens with two attached hydrogens (primary N) is 1. The summed E-state index contributed by atoms with van der Waals surface area (Å²) in [6.07, 6.45) is 0. The first-order valence-electron chi connectivity index (χ1n) is 8.05. The lowest BCUT2D eigenvalue weighted by atomic mass is 10.2. The van der Waals surface area contributed by atoms with Crippen molar-refractivity contribution in [2.24, 2.45) is 0 Å². The highest BCUT2D eigenvalue weighted by Gasteiger charge is 2.11. The minimum atomic E-state index is -0.719. The number of carbonyl (C=O) groups is 1. The van der Waals surface area contributed by atoms with E-state index in [-0.39, 0.29) is 11.4 Å². The summed E-state index contributed by atoms with van der Waals surface area (Å²) in [7, 11) is 0. The summed E-state index contributed by atoms with van der Waals surface area (Å²) in [5, 5.41) is 2.73. The van der Waals surface area contributed by atoms with E-state index in [0.29, 0.717) is 12.3 Å². The van der Waals surface area contributed by atoms with E-state index in [1.807, 2.05) is 55.5 Å². The predicted molar refractivity (Wildman–Crippen MR) is 97.5 cm³/mol. The van der Waals surface area contributed by atoms with E-state index in [0.717, 1.165) is 22.9 Å². The number of nitrogen functional groups attached to an aromatic ring is 1. The number of anilines is 1. The van der Waals surface area contributed by atoms with Gasteiger partial charge in [0, 0.05) is 6.54 Å². The van der Waals surface area contributed by atoms with Crippen molar-refractivity contribution < 1.29 is 13.9 Å². The van der Waals surface area contributed by atoms with Crippen molar-refractivity contribution in [3.05, 3.63) is 83.3 Å². The topological polar surface area (TPSA) is 77.2 Å². The zero-order valence-electron chi connectivity index (χ0n) is 14.2. The van der Waals surface area contributed by atoms with Crippen LogP contribution in [-0.2, 0) is 6.54 Å². The Labute approximate surface area is 150 Å². The zero-order chi connectivity index (χ0) is 18.5. The van der Waals surface area contributed by atoms with Crippen LogP contribution in [0.1, 0.15) is 21.5 Å². The second-order valence-electron chi connectivity index (χ2n) is 5.81. The van der Waals surface area contributed by atoms with Crippen molar-refractivity contribution in [3.8, 4) is 11.5 Å². The Balaban J connectivity index is 1.60. The molecule has 3 rings (SSSR count). The van der Waals surface area contributed by atoms with Gasteiger partial charge in [-0.3, -0.25) is 4.79 Å². The van der Waals surface area contributed by atoms with Gasteiger partial charge in [-0.2, -0.15) is 4.39 Å². The van der Waals surface area contributed by atoms with Crippen molar-refractivity contribution >= 4 is 11.7 Å². The highest BCUT2D eigenvalue weighted by Crippen LogP contribution is 2.22. The summed E-state index contributed by atoms with van der Waals surface area (Å²) in [5.41, 5.74) is 7.72. The van der Waals surface area contributed by atoms with Crippen LogP contribution in [0.4, 0.5) is 10.2 Å². The molecule has 0 aliphatic rings. The van der Waals surface area contributed by atoms with E-state index < -0.39 is 11.9 Å². The van der Waals surface area contributed by atoms with E-state index in [4.69, 9.17) is 10.5 Å². The van der Waals surface area contributed by atoms with Crippen LogP contribution >= 0.6 is 0 Å². The highest BCUT2D eigenvalue weighted by atomic mass is 19.1. The van der Waals surface area contributed by atoms with Gasteiger partial charge in [-0.15, -0.1) is 0 Å². The Hall–Kier alpha value is -3.41. The molecule has 3 N–H and O–H groups in total. The lowest BCUT2D eigenvalue weighted by molar-refractivity contribution is 0.0951. The average Bonchev–Trinajstić information content (AvgIpc) is 2.61. The second-order valence-corrected chi connectivity index (χ2v) is 5.81. The number of halogens is 1. The summed E-state index contributed by atoms with van der Waals surface area (Å²) in [5.74, 6) is 0.214. The van der Waals surface area contributed by atoms with E-state index in [1.54, 1.807) is 0 Å². The summed E-state index contributed by atoms with van der Waals surface area (Å²) in [6, 6.07) is 17.6. The van der Waals surface area contributed by atoms with Gasteiger partial charge in [0.15, 0.2) is 0 Å².